The van der Waals surface area contributed by atoms with Crippen LogP contribution in [-0.2, 0) is 0 Å². The molecule has 0 saturated heterocycles. The second-order valence-corrected chi connectivity index (χ2v) is 15.9. The normalized spacial score (nSPS) is 12.2. The fourth-order valence-electron chi connectivity index (χ4n) is 9.17. The van der Waals surface area contributed by atoms with Gasteiger partial charge in [0.05, 0.1) is 28.1 Å². The average molecular weight is 812 g/mol. The third kappa shape index (κ3) is 6.80. The lowest BCUT2D eigenvalue weighted by Gasteiger charge is -2.31. The summed E-state index contributed by atoms with van der Waals surface area (Å²) < 4.78 is 11.1. The lowest BCUT2D eigenvalue weighted by Crippen LogP contribution is -2.55. The highest BCUT2D eigenvalue weighted by Gasteiger charge is 2.45. The fraction of sp³-hybridized carbons (Fsp3) is 0.0357. The monoisotopic (exact) mass is 811 g/mol. The van der Waals surface area contributed by atoms with E-state index in [2.05, 4.69) is 227 Å². The van der Waals surface area contributed by atoms with E-state index in [1.165, 1.54) is 16.6 Å². The molecule has 2 aromatic heterocycles. The number of ether oxygens (including phenoxy) is 1. The minimum Gasteiger partial charge on any atom is -0.458 e. The summed E-state index contributed by atoms with van der Waals surface area (Å²) in [5.74, 6) is 2.33. The van der Waals surface area contributed by atoms with Crippen LogP contribution in [-0.4, -0.2) is 16.5 Å². The van der Waals surface area contributed by atoms with Gasteiger partial charge in [0.2, 0.25) is 0 Å². The van der Waals surface area contributed by atoms with Gasteiger partial charge < -0.3 is 14.4 Å². The number of aryl methyl sites for hydroxylation is 2. The van der Waals surface area contributed by atoms with Gasteiger partial charge in [0.25, 0.3) is 6.33 Å². The van der Waals surface area contributed by atoms with Gasteiger partial charge in [-0.15, -0.1) is 0 Å². The number of hydrogen-bond acceptors (Lipinski definition) is 4. The number of para-hydroxylation sites is 4. The Morgan fingerprint density at radius 3 is 1.75 bits per heavy atom. The highest BCUT2D eigenvalue weighted by atomic mass is 16.5. The Balaban J connectivity index is 0.995. The molecule has 0 saturated carbocycles. The standard InChI is InChI=1S/C56H42BN5O/c1-40-19-14-20-41(2)54(40)57-61(44-25-10-5-11-26-44)53-35-18-36-58-56(53)62(57)46-28-16-30-48(38-46)63-47-29-15-27-45(37-47)59-39-60(52-34-13-12-33-51(52)59)55-49(42-21-6-3-7-22-42)31-17-32-50(55)43-23-8-4-9-24-43/h3-38H,1-2H3. The van der Waals surface area contributed by atoms with Gasteiger partial charge in [0.15, 0.2) is 0 Å². The number of nitrogens with zero attached hydrogens (tertiary/aromatic N) is 5. The van der Waals surface area contributed by atoms with Crippen molar-refractivity contribution in [3.63, 3.8) is 0 Å². The van der Waals surface area contributed by atoms with Crippen molar-refractivity contribution in [2.45, 2.75) is 13.8 Å². The molecule has 0 atom stereocenters. The second kappa shape index (κ2) is 16.0. The van der Waals surface area contributed by atoms with Crippen molar-refractivity contribution in [2.75, 3.05) is 9.62 Å². The summed E-state index contributed by atoms with van der Waals surface area (Å²) in [4.78, 5) is 9.76. The summed E-state index contributed by atoms with van der Waals surface area (Å²) in [5, 5.41) is 0. The zero-order chi connectivity index (χ0) is 42.3. The van der Waals surface area contributed by atoms with Gasteiger partial charge in [-0.25, -0.2) is 4.98 Å². The lowest BCUT2D eigenvalue weighted by atomic mass is 9.61. The van der Waals surface area contributed by atoms with Crippen molar-refractivity contribution < 1.29 is 9.30 Å². The van der Waals surface area contributed by atoms with Crippen molar-refractivity contribution in [2.24, 2.45) is 0 Å². The second-order valence-electron chi connectivity index (χ2n) is 15.9. The van der Waals surface area contributed by atoms with Crippen LogP contribution in [0.2, 0.25) is 0 Å². The zero-order valence-corrected chi connectivity index (χ0v) is 35.0. The molecule has 6 nitrogen and oxygen atoms in total. The maximum absolute atomic E-state index is 6.79. The molecule has 0 amide bonds. The molecule has 0 bridgehead atoms. The van der Waals surface area contributed by atoms with Gasteiger partial charge in [-0.2, -0.15) is 0 Å². The Bertz CT molecular complexity index is 3180. The Kier molecular flexibility index (Phi) is 9.62. The SMILES string of the molecule is Cc1cccc(C)c1B1N(c2ccccc2)c2cccnc2N1c1cccc(Oc2cccc(-n3[c-][n+](-c4c(-c5ccccc5)cccc4-c4ccccc4)c4ccccc43)c2)c1. The molecule has 1 aliphatic rings. The van der Waals surface area contributed by atoms with Crippen LogP contribution in [0, 0.1) is 20.2 Å². The van der Waals surface area contributed by atoms with Crippen LogP contribution in [0.3, 0.4) is 0 Å². The largest absolute Gasteiger partial charge is 0.458 e. The van der Waals surface area contributed by atoms with Gasteiger partial charge in [-0.1, -0.05) is 163 Å². The molecule has 0 N–H and O–H groups in total. The van der Waals surface area contributed by atoms with Gasteiger partial charge >= 0.3 is 6.98 Å². The van der Waals surface area contributed by atoms with Crippen LogP contribution < -0.4 is 24.4 Å². The smallest absolute Gasteiger partial charge is 0.422 e. The van der Waals surface area contributed by atoms with Gasteiger partial charge in [-0.05, 0) is 96.2 Å². The Hall–Kier alpha value is -8.16. The summed E-state index contributed by atoms with van der Waals surface area (Å²) >= 11 is 0. The van der Waals surface area contributed by atoms with Crippen LogP contribution in [0.15, 0.2) is 219 Å². The van der Waals surface area contributed by atoms with E-state index >= 15 is 0 Å². The molecule has 63 heavy (non-hydrogen) atoms. The number of fused-ring (bicyclic) bond motifs is 2. The maximum atomic E-state index is 6.79. The third-order valence-corrected chi connectivity index (χ3v) is 12.0. The number of aromatic nitrogens is 3. The number of hydrogen-bond donors (Lipinski definition) is 0. The van der Waals surface area contributed by atoms with Crippen LogP contribution in [0.1, 0.15) is 11.1 Å². The molecule has 0 radical (unpaired) electrons. The Morgan fingerprint density at radius 2 is 1.06 bits per heavy atom. The molecular formula is C56H42BN5O. The summed E-state index contributed by atoms with van der Waals surface area (Å²) in [6, 6.07) is 74.1. The van der Waals surface area contributed by atoms with Crippen molar-refractivity contribution in [3.05, 3.63) is 236 Å². The topological polar surface area (TPSA) is 37.4 Å². The summed E-state index contributed by atoms with van der Waals surface area (Å²) in [6.45, 7) is 4.21. The van der Waals surface area contributed by atoms with Crippen LogP contribution in [0.4, 0.5) is 22.9 Å². The number of benzene rings is 8. The Morgan fingerprint density at radius 1 is 0.508 bits per heavy atom. The predicted molar refractivity (Wildman–Crippen MR) is 257 cm³/mol. The highest BCUT2D eigenvalue weighted by molar-refractivity contribution is 6.85. The zero-order valence-electron chi connectivity index (χ0n) is 35.0. The number of rotatable bonds is 9. The first kappa shape index (κ1) is 37.8. The van der Waals surface area contributed by atoms with Gasteiger partial charge in [0, 0.05) is 23.6 Å². The molecule has 11 rings (SSSR count). The summed E-state index contributed by atoms with van der Waals surface area (Å²) in [6.07, 6.45) is 5.67. The van der Waals surface area contributed by atoms with E-state index in [0.717, 1.165) is 73.3 Å². The van der Waals surface area contributed by atoms with E-state index in [1.54, 1.807) is 0 Å². The van der Waals surface area contributed by atoms with Gasteiger partial charge in [0.1, 0.15) is 17.3 Å². The summed E-state index contributed by atoms with van der Waals surface area (Å²) in [7, 11) is 0. The van der Waals surface area contributed by atoms with E-state index in [0.29, 0.717) is 5.75 Å². The van der Waals surface area contributed by atoms with E-state index in [9.17, 15) is 0 Å². The van der Waals surface area contributed by atoms with Crippen LogP contribution in [0.5, 0.6) is 11.5 Å². The van der Waals surface area contributed by atoms with E-state index < -0.39 is 0 Å². The molecule has 7 heteroatoms. The quantitative estimate of drug-likeness (QED) is 0.0827. The maximum Gasteiger partial charge on any atom is 0.422 e. The molecule has 3 heterocycles. The van der Waals surface area contributed by atoms with Crippen LogP contribution >= 0.6 is 0 Å². The van der Waals surface area contributed by atoms with Crippen molar-refractivity contribution in [3.8, 4) is 45.1 Å². The van der Waals surface area contributed by atoms with Gasteiger partial charge in [-0.3, -0.25) is 9.13 Å². The molecular weight excluding hydrogens is 769 g/mol. The molecule has 0 fully saturated rings. The fourth-order valence-corrected chi connectivity index (χ4v) is 9.17. The number of anilines is 4. The number of imidazole rings is 1. The van der Waals surface area contributed by atoms with Crippen LogP contribution in [0.25, 0.3) is 44.7 Å². The van der Waals surface area contributed by atoms with Crippen molar-refractivity contribution in [1.82, 2.24) is 9.55 Å². The summed E-state index contributed by atoms with van der Waals surface area (Å²) in [5.41, 5.74) is 15.4. The first-order chi connectivity index (χ1) is 31.1. The minimum atomic E-state index is -0.184. The first-order valence-corrected chi connectivity index (χ1v) is 21.3. The third-order valence-electron chi connectivity index (χ3n) is 12.0. The van der Waals surface area contributed by atoms with Crippen molar-refractivity contribution in [1.29, 1.82) is 0 Å². The van der Waals surface area contributed by atoms with E-state index in [1.807, 2.05) is 30.5 Å². The first-order valence-electron chi connectivity index (χ1n) is 21.3. The average Bonchev–Trinajstić information content (AvgIpc) is 3.89. The van der Waals surface area contributed by atoms with E-state index in [4.69, 9.17) is 9.72 Å². The molecule has 0 aliphatic carbocycles. The Labute approximate surface area is 368 Å². The molecule has 1 aliphatic heterocycles. The number of pyridine rings is 1. The molecule has 300 valence electrons. The molecule has 10 aromatic rings. The predicted octanol–water partition coefficient (Wildman–Crippen LogP) is 12.5. The van der Waals surface area contributed by atoms with E-state index in [-0.39, 0.29) is 6.98 Å². The minimum absolute atomic E-state index is 0.184. The highest BCUT2D eigenvalue weighted by Crippen LogP contribution is 2.46. The molecule has 8 aromatic carbocycles. The lowest BCUT2D eigenvalue weighted by molar-refractivity contribution is -0.571. The van der Waals surface area contributed by atoms with Crippen molar-refractivity contribution >= 4 is 46.4 Å². The molecule has 0 unspecified atom stereocenters. The molecule has 0 spiro atoms.